The average Bonchev–Trinajstić information content (AvgIpc) is 2.62. The van der Waals surface area contributed by atoms with Crippen molar-refractivity contribution in [3.05, 3.63) is 64.0 Å². The zero-order chi connectivity index (χ0) is 18.8. The molecular formula is C20H18O6. The number of hydrogen-bond donors (Lipinski definition) is 4. The Balaban J connectivity index is 2.20. The summed E-state index contributed by atoms with van der Waals surface area (Å²) in [4.78, 5) is 12.9. The minimum atomic E-state index is -0.446. The van der Waals surface area contributed by atoms with Gasteiger partial charge in [-0.15, -0.1) is 0 Å². The molecule has 3 rings (SSSR count). The second-order valence-corrected chi connectivity index (χ2v) is 6.03. The van der Waals surface area contributed by atoms with Gasteiger partial charge in [0.05, 0.1) is 12.2 Å². The minimum Gasteiger partial charge on any atom is -0.508 e. The third-order valence-corrected chi connectivity index (χ3v) is 4.20. The van der Waals surface area contributed by atoms with Gasteiger partial charge < -0.3 is 24.8 Å². The van der Waals surface area contributed by atoms with Crippen LogP contribution in [-0.4, -0.2) is 27.0 Å². The molecule has 0 radical (unpaired) electrons. The number of aliphatic hydroxyl groups is 1. The molecule has 26 heavy (non-hydrogen) atoms. The number of rotatable bonds is 4. The van der Waals surface area contributed by atoms with Crippen molar-refractivity contribution in [1.29, 1.82) is 0 Å². The Morgan fingerprint density at radius 2 is 1.85 bits per heavy atom. The lowest BCUT2D eigenvalue weighted by Crippen LogP contribution is -2.06. The Labute approximate surface area is 148 Å². The predicted octanol–water partition coefficient (Wildman–Crippen LogP) is 3.06. The number of aromatic hydroxyl groups is 3. The van der Waals surface area contributed by atoms with Crippen molar-refractivity contribution in [2.75, 3.05) is 6.61 Å². The fourth-order valence-electron chi connectivity index (χ4n) is 2.68. The Morgan fingerprint density at radius 3 is 2.50 bits per heavy atom. The van der Waals surface area contributed by atoms with E-state index >= 15 is 0 Å². The quantitative estimate of drug-likeness (QED) is 0.536. The Kier molecular flexibility index (Phi) is 4.69. The second kappa shape index (κ2) is 6.93. The summed E-state index contributed by atoms with van der Waals surface area (Å²) in [6, 6.07) is 7.32. The molecule has 1 heterocycles. The summed E-state index contributed by atoms with van der Waals surface area (Å²) in [6.07, 6.45) is 3.07. The molecule has 1 aromatic heterocycles. The molecule has 0 aliphatic carbocycles. The van der Waals surface area contributed by atoms with Crippen LogP contribution in [0, 0.1) is 0 Å². The molecule has 0 aliphatic heterocycles. The molecule has 4 N–H and O–H groups in total. The SMILES string of the molecule is C/C(=C\Cc1c(O)cc2occ(-c3ccc(O)cc3)c(=O)c2c1O)CO. The first-order chi connectivity index (χ1) is 12.4. The zero-order valence-electron chi connectivity index (χ0n) is 14.1. The third-order valence-electron chi connectivity index (χ3n) is 4.20. The van der Waals surface area contributed by atoms with E-state index in [1.165, 1.54) is 24.5 Å². The van der Waals surface area contributed by atoms with Crippen LogP contribution in [0.1, 0.15) is 12.5 Å². The van der Waals surface area contributed by atoms with E-state index in [1.807, 2.05) is 0 Å². The predicted molar refractivity (Wildman–Crippen MR) is 97.5 cm³/mol. The van der Waals surface area contributed by atoms with Crippen LogP contribution < -0.4 is 5.43 Å². The highest BCUT2D eigenvalue weighted by Gasteiger charge is 2.18. The molecule has 0 saturated carbocycles. The largest absolute Gasteiger partial charge is 0.508 e. The fourth-order valence-corrected chi connectivity index (χ4v) is 2.68. The van der Waals surface area contributed by atoms with E-state index in [0.29, 0.717) is 11.1 Å². The number of fused-ring (bicyclic) bond motifs is 1. The van der Waals surface area contributed by atoms with E-state index in [1.54, 1.807) is 25.1 Å². The van der Waals surface area contributed by atoms with Crippen molar-refractivity contribution in [3.63, 3.8) is 0 Å². The van der Waals surface area contributed by atoms with Crippen molar-refractivity contribution in [2.45, 2.75) is 13.3 Å². The first-order valence-corrected chi connectivity index (χ1v) is 7.97. The first kappa shape index (κ1) is 17.6. The summed E-state index contributed by atoms with van der Waals surface area (Å²) in [5, 5.41) is 39.1. The molecule has 134 valence electrons. The number of phenols is 3. The van der Waals surface area contributed by atoms with E-state index < -0.39 is 5.43 Å². The Hall–Kier alpha value is -3.25. The molecule has 0 saturated heterocycles. The molecule has 0 fully saturated rings. The molecule has 6 heteroatoms. The molecule has 0 unspecified atom stereocenters. The van der Waals surface area contributed by atoms with Gasteiger partial charge >= 0.3 is 0 Å². The van der Waals surface area contributed by atoms with Crippen molar-refractivity contribution in [2.24, 2.45) is 0 Å². The van der Waals surface area contributed by atoms with E-state index in [9.17, 15) is 20.1 Å². The molecule has 0 amide bonds. The summed E-state index contributed by atoms with van der Waals surface area (Å²) < 4.78 is 5.43. The van der Waals surface area contributed by atoms with Gasteiger partial charge in [0.1, 0.15) is 34.5 Å². The standard InChI is InChI=1S/C20H18O6/c1-11(9-21)2-7-14-16(23)8-17-18(19(14)24)20(25)15(10-26-17)12-3-5-13(22)6-4-12/h2-6,8,10,21-24H,7,9H2,1H3/b11-2+. The summed E-state index contributed by atoms with van der Waals surface area (Å²) in [7, 11) is 0. The lowest BCUT2D eigenvalue weighted by atomic mass is 10.0. The van der Waals surface area contributed by atoms with Crippen molar-refractivity contribution >= 4 is 11.0 Å². The smallest absolute Gasteiger partial charge is 0.204 e. The number of aliphatic hydroxyl groups excluding tert-OH is 1. The maximum Gasteiger partial charge on any atom is 0.204 e. The maximum absolute atomic E-state index is 12.9. The molecule has 0 atom stereocenters. The minimum absolute atomic E-state index is 0.0292. The monoisotopic (exact) mass is 354 g/mol. The molecular weight excluding hydrogens is 336 g/mol. The summed E-state index contributed by atoms with van der Waals surface area (Å²) in [5.41, 5.74) is 1.24. The van der Waals surface area contributed by atoms with Gasteiger partial charge in [0.25, 0.3) is 0 Å². The molecule has 6 nitrogen and oxygen atoms in total. The van der Waals surface area contributed by atoms with Crippen LogP contribution in [0.2, 0.25) is 0 Å². The van der Waals surface area contributed by atoms with Crippen molar-refractivity contribution < 1.29 is 24.8 Å². The van der Waals surface area contributed by atoms with Crippen LogP contribution in [0.3, 0.4) is 0 Å². The van der Waals surface area contributed by atoms with Crippen LogP contribution in [-0.2, 0) is 6.42 Å². The number of allylic oxidation sites excluding steroid dienone is 1. The summed E-state index contributed by atoms with van der Waals surface area (Å²) >= 11 is 0. The van der Waals surface area contributed by atoms with Crippen LogP contribution in [0.5, 0.6) is 17.2 Å². The first-order valence-electron chi connectivity index (χ1n) is 7.97. The van der Waals surface area contributed by atoms with Crippen molar-refractivity contribution in [1.82, 2.24) is 0 Å². The summed E-state index contributed by atoms with van der Waals surface area (Å²) in [6.45, 7) is 1.58. The van der Waals surface area contributed by atoms with E-state index in [0.717, 1.165) is 0 Å². The summed E-state index contributed by atoms with van der Waals surface area (Å²) in [5.74, 6) is -0.478. The normalized spacial score (nSPS) is 11.8. The average molecular weight is 354 g/mol. The number of hydrogen-bond acceptors (Lipinski definition) is 6. The number of phenolic OH excluding ortho intramolecular Hbond substituents is 3. The highest BCUT2D eigenvalue weighted by molar-refractivity contribution is 5.89. The van der Waals surface area contributed by atoms with Gasteiger partial charge in [-0.25, -0.2) is 0 Å². The topological polar surface area (TPSA) is 111 Å². The highest BCUT2D eigenvalue weighted by Crippen LogP contribution is 2.35. The van der Waals surface area contributed by atoms with Gasteiger partial charge in [0.15, 0.2) is 0 Å². The molecule has 0 aliphatic rings. The number of benzene rings is 2. The van der Waals surface area contributed by atoms with Crippen molar-refractivity contribution in [3.8, 4) is 28.4 Å². The third kappa shape index (κ3) is 3.14. The van der Waals surface area contributed by atoms with Crippen LogP contribution >= 0.6 is 0 Å². The van der Waals surface area contributed by atoms with Gasteiger partial charge in [-0.2, -0.15) is 0 Å². The molecule has 0 bridgehead atoms. The van der Waals surface area contributed by atoms with Gasteiger partial charge in [-0.3, -0.25) is 4.79 Å². The fraction of sp³-hybridized carbons (Fsp3) is 0.150. The lowest BCUT2D eigenvalue weighted by Gasteiger charge is -2.10. The maximum atomic E-state index is 12.9. The lowest BCUT2D eigenvalue weighted by molar-refractivity contribution is 0.331. The van der Waals surface area contributed by atoms with E-state index in [4.69, 9.17) is 9.52 Å². The highest BCUT2D eigenvalue weighted by atomic mass is 16.3. The van der Waals surface area contributed by atoms with Gasteiger partial charge in [-0.1, -0.05) is 23.8 Å². The van der Waals surface area contributed by atoms with E-state index in [2.05, 4.69) is 0 Å². The zero-order valence-corrected chi connectivity index (χ0v) is 14.1. The Morgan fingerprint density at radius 1 is 1.15 bits per heavy atom. The van der Waals surface area contributed by atoms with Gasteiger partial charge in [0, 0.05) is 11.6 Å². The molecule has 0 spiro atoms. The van der Waals surface area contributed by atoms with Crippen LogP contribution in [0.4, 0.5) is 0 Å². The molecule has 2 aromatic carbocycles. The van der Waals surface area contributed by atoms with Crippen LogP contribution in [0.15, 0.2) is 57.5 Å². The molecule has 3 aromatic rings. The second-order valence-electron chi connectivity index (χ2n) is 6.03. The Bertz CT molecular complexity index is 1040. The van der Waals surface area contributed by atoms with Gasteiger partial charge in [0.2, 0.25) is 5.43 Å². The van der Waals surface area contributed by atoms with E-state index in [-0.39, 0.29) is 52.4 Å². The van der Waals surface area contributed by atoms with Gasteiger partial charge in [-0.05, 0) is 31.0 Å². The van der Waals surface area contributed by atoms with Crippen LogP contribution in [0.25, 0.3) is 22.1 Å².